The van der Waals surface area contributed by atoms with E-state index in [1.807, 2.05) is 0 Å². The van der Waals surface area contributed by atoms with Gasteiger partial charge < -0.3 is 125 Å². The van der Waals surface area contributed by atoms with Gasteiger partial charge in [0, 0.05) is 92.9 Å². The molecular formula is C104H152O28Si16. The molecule has 0 spiro atoms. The van der Waals surface area contributed by atoms with Gasteiger partial charge in [0.25, 0.3) is 0 Å². The highest BCUT2D eigenvalue weighted by molar-refractivity contribution is 7.07. The van der Waals surface area contributed by atoms with Crippen molar-refractivity contribution < 1.29 is 125 Å². The quantitative estimate of drug-likeness (QED) is 0.0323. The van der Waals surface area contributed by atoms with E-state index in [9.17, 15) is 49.4 Å². The first kappa shape index (κ1) is 110. The molecule has 0 amide bonds. The summed E-state index contributed by atoms with van der Waals surface area (Å²) in [5, 5.41) is 9.66. The molecule has 44 heteroatoms. The molecule has 0 atom stereocenters. The fraction of sp³-hybridized carbons (Fsp3) is 0.538. The van der Waals surface area contributed by atoms with Crippen LogP contribution in [0.3, 0.4) is 0 Å². The largest absolute Gasteiger partial charge is 0.478 e. The van der Waals surface area contributed by atoms with E-state index in [0.717, 1.165) is 44.5 Å². The lowest BCUT2D eigenvalue weighted by Gasteiger charge is -2.64. The van der Waals surface area contributed by atoms with Gasteiger partial charge in [0.05, 0.1) is 170 Å². The molecule has 800 valence electrons. The standard InChI is InChI=1S/C104H152O28Si16/c1-133(2,89-33-17-25-81(73-89)97-105-41-42-106-97)57-65-141-121-142(66-58-134(3,4)90-34-18-26-82(74-90)98-107-43-44-108-98)124-145(69-61-137(9,10)93-37-21-29-85(77-93)101-113-49-50-114-101)126-143(122-141,67-59-135(5,6)91-35-19-27-83(75-91)99-109-45-46-110-99)128-147(71-63-139(13,14)95-39-23-31-87(79-95)103-117-53-54-118-103)129-144(123-141,68-60-136(7,8)92-36-20-28-84(76-92)100-111-47-48-112-100)127-146(125-142,70-62-138(11,12)94-38-22-30-86(78-94)102-115-51-52-116-102)131-148(130-145,132-147)72-64-140(15,16)96-40-24-32-88(80-96)104-119-55-56-120-104/h17-40,73-80,97-104H,41-72H2,1-16H3. The van der Waals surface area contributed by atoms with E-state index in [1.165, 1.54) is 41.5 Å². The molecule has 14 fully saturated rings. The van der Waals surface area contributed by atoms with Crippen LogP contribution in [0, 0.1) is 0 Å². The molecule has 8 bridgehead atoms. The van der Waals surface area contributed by atoms with E-state index < -0.39 is 185 Å². The smallest absolute Gasteiger partial charge is 0.373 e. The van der Waals surface area contributed by atoms with Crippen LogP contribution in [0.5, 0.6) is 0 Å². The minimum atomic E-state index is -4.94. The van der Waals surface area contributed by atoms with E-state index >= 15 is 0 Å². The van der Waals surface area contributed by atoms with Gasteiger partial charge in [-0.25, -0.2) is 0 Å². The van der Waals surface area contributed by atoms with Crippen LogP contribution in [0.15, 0.2) is 194 Å². The molecule has 28 nitrogen and oxygen atoms in total. The Bertz CT molecular complexity index is 4810. The van der Waals surface area contributed by atoms with Crippen LogP contribution in [0.1, 0.15) is 94.8 Å². The summed E-state index contributed by atoms with van der Waals surface area (Å²) in [6.45, 7) is 47.4. The Kier molecular flexibility index (Phi) is 32.6. The van der Waals surface area contributed by atoms with E-state index in [1.54, 1.807) is 0 Å². The monoisotopic (exact) mass is 2300 g/mol. The molecule has 0 aliphatic carbocycles. The Hall–Kier alpha value is -3.89. The Morgan fingerprint density at radius 3 is 0.345 bits per heavy atom. The van der Waals surface area contributed by atoms with E-state index in [0.29, 0.717) is 154 Å². The van der Waals surface area contributed by atoms with Gasteiger partial charge in [0.1, 0.15) is 0 Å². The Labute approximate surface area is 890 Å². The number of rotatable bonds is 40. The Morgan fingerprint density at radius 2 is 0.250 bits per heavy atom. The van der Waals surface area contributed by atoms with Crippen molar-refractivity contribution in [1.29, 1.82) is 0 Å². The first-order valence-electron chi connectivity index (χ1n) is 53.8. The lowest BCUT2D eigenvalue weighted by molar-refractivity contribution is -0.0442. The van der Waals surface area contributed by atoms with Crippen LogP contribution in [0.25, 0.3) is 0 Å². The first-order valence-corrected chi connectivity index (χ1v) is 94.9. The molecule has 0 N–H and O–H groups in total. The fourth-order valence-electron chi connectivity index (χ4n) is 22.7. The number of hydrogen-bond donors (Lipinski definition) is 0. The van der Waals surface area contributed by atoms with Gasteiger partial charge >= 0.3 is 70.4 Å². The fourth-order valence-corrected chi connectivity index (χ4v) is 109. The molecule has 0 radical (unpaired) electrons. The summed E-state index contributed by atoms with van der Waals surface area (Å²) in [4.78, 5) is 0. The summed E-state index contributed by atoms with van der Waals surface area (Å²) >= 11 is 0. The third-order valence-electron chi connectivity index (χ3n) is 32.7. The van der Waals surface area contributed by atoms with Crippen molar-refractivity contribution in [3.63, 3.8) is 0 Å². The maximum absolute atomic E-state index is 9.39. The van der Waals surface area contributed by atoms with E-state index in [4.69, 9.17) is 75.8 Å². The molecule has 14 saturated heterocycles. The molecule has 14 aliphatic heterocycles. The van der Waals surface area contributed by atoms with Crippen molar-refractivity contribution in [2.75, 3.05) is 106 Å². The summed E-state index contributed by atoms with van der Waals surface area (Å²) in [5.41, 5.74) is 7.76. The van der Waals surface area contributed by atoms with Crippen LogP contribution in [-0.4, -0.2) is 241 Å². The Morgan fingerprint density at radius 1 is 0.155 bits per heavy atom. The van der Waals surface area contributed by atoms with Gasteiger partial charge in [-0.05, 0) is 48.4 Å². The third kappa shape index (κ3) is 24.5. The maximum atomic E-state index is 9.39. The summed E-state index contributed by atoms with van der Waals surface area (Å²) in [5.74, 6) is 0. The summed E-state index contributed by atoms with van der Waals surface area (Å²) in [6.07, 6.45) is -4.08. The van der Waals surface area contributed by atoms with Crippen molar-refractivity contribution in [1.82, 2.24) is 0 Å². The summed E-state index contributed by atoms with van der Waals surface area (Å²) in [7, 11) is -62.1. The second-order valence-corrected chi connectivity index (χ2v) is 111. The van der Waals surface area contributed by atoms with Gasteiger partial charge in [-0.1, -0.05) is 340 Å². The van der Waals surface area contributed by atoms with Crippen molar-refractivity contribution >= 4 is 177 Å². The van der Waals surface area contributed by atoms with Gasteiger partial charge in [0.2, 0.25) is 0 Å². The van der Waals surface area contributed by atoms with Gasteiger partial charge in [0.15, 0.2) is 50.3 Å². The van der Waals surface area contributed by atoms with Gasteiger partial charge in [-0.15, -0.1) is 0 Å². The van der Waals surface area contributed by atoms with Crippen LogP contribution in [0.4, 0.5) is 0 Å². The second-order valence-electron chi connectivity index (χ2n) is 47.4. The normalized spacial score (nSPS) is 28.3. The molecular weight excluding hydrogens is 2150 g/mol. The predicted octanol–water partition coefficient (Wildman–Crippen LogP) is 17.1. The second kappa shape index (κ2) is 44.1. The minimum Gasteiger partial charge on any atom is -0.373 e. The van der Waals surface area contributed by atoms with Crippen LogP contribution >= 0.6 is 0 Å². The Balaban J connectivity index is 0.829. The maximum Gasteiger partial charge on any atom is 0.478 e. The molecule has 8 aromatic rings. The highest BCUT2D eigenvalue weighted by Crippen LogP contribution is 2.58. The van der Waals surface area contributed by atoms with Crippen LogP contribution in [-0.2, 0) is 125 Å². The zero-order chi connectivity index (χ0) is 103. The summed E-state index contributed by atoms with van der Waals surface area (Å²) in [6, 6.07) is 77.8. The van der Waals surface area contributed by atoms with Crippen molar-refractivity contribution in [2.45, 2.75) is 252 Å². The zero-order valence-corrected chi connectivity index (χ0v) is 105. The molecule has 0 aromatic heterocycles. The predicted molar refractivity (Wildman–Crippen MR) is 602 cm³/mol. The lowest BCUT2D eigenvalue weighted by Crippen LogP contribution is -2.88. The van der Waals surface area contributed by atoms with Gasteiger partial charge in [-0.3, -0.25) is 0 Å². The highest BCUT2D eigenvalue weighted by Gasteiger charge is 2.84. The summed E-state index contributed by atoms with van der Waals surface area (Å²) < 4.78 is 214. The number of ether oxygens (including phenoxy) is 16. The highest BCUT2D eigenvalue weighted by atomic mass is 28.6. The average Bonchev–Trinajstić information content (AvgIpc) is 1.68. The van der Waals surface area contributed by atoms with Crippen molar-refractivity contribution in [2.24, 2.45) is 0 Å². The average molecular weight is 2300 g/mol. The molecule has 14 aliphatic rings. The molecule has 0 unspecified atom stereocenters. The molecule has 148 heavy (non-hydrogen) atoms. The van der Waals surface area contributed by atoms with E-state index in [2.05, 4.69) is 299 Å². The molecule has 14 heterocycles. The van der Waals surface area contributed by atoms with Crippen LogP contribution in [0.2, 0.25) is 201 Å². The number of hydrogen-bond acceptors (Lipinski definition) is 28. The molecule has 0 saturated carbocycles. The third-order valence-corrected chi connectivity index (χ3v) is 100. The first-order chi connectivity index (χ1) is 70.7. The minimum absolute atomic E-state index is 0.259. The molecule has 22 rings (SSSR count). The van der Waals surface area contributed by atoms with E-state index in [-0.39, 0.29) is 48.4 Å². The topological polar surface area (TPSA) is 258 Å². The molecule has 8 aromatic carbocycles. The zero-order valence-electron chi connectivity index (χ0n) is 89.2. The van der Waals surface area contributed by atoms with Crippen LogP contribution < -0.4 is 41.5 Å². The lowest BCUT2D eigenvalue weighted by atomic mass is 10.2. The van der Waals surface area contributed by atoms with Gasteiger partial charge in [-0.2, -0.15) is 0 Å². The number of benzene rings is 8. The van der Waals surface area contributed by atoms with Crippen molar-refractivity contribution in [3.05, 3.63) is 239 Å². The SMILES string of the molecule is C[Si](C)(CC[Si]12O[Si]3(CC[Si](C)(C)c4cccc(C5OCCO5)c4)O[Si]4(CC[Si](C)(C)c5cccc(C6OCCO6)c5)O[Si](CC[Si](C)(C)c5cccc(C6OCCO6)c5)(O1)O[Si]1(CC[Si](C)(C)c5cccc(C6OCCO6)c5)O[Si](CC[Si](C)(C)c5cccc(C6OCCO6)c5)(O2)O[Si](CC[Si](C)(C)c2cccc(C5OCCO5)c2)(O3)O[Si](CC[Si](C)(C)c2cccc(C3OCCO3)c2)(O4)O1)c1cccc(C2OCCO2)c1. The van der Waals surface area contributed by atoms with Crippen molar-refractivity contribution in [3.8, 4) is 0 Å².